The number of fused-ring (bicyclic) bond motifs is 1. The number of pyridine rings is 1. The number of carbonyl (C=O) groups is 2. The van der Waals surface area contributed by atoms with Gasteiger partial charge in [0, 0.05) is 24.6 Å². The molecule has 7 heteroatoms. The number of nitrogens with zero attached hydrogens (tertiary/aromatic N) is 3. The van der Waals surface area contributed by atoms with Gasteiger partial charge in [-0.2, -0.15) is 5.10 Å². The van der Waals surface area contributed by atoms with Gasteiger partial charge in [0.1, 0.15) is 0 Å². The molecule has 1 aliphatic rings. The fourth-order valence-electron chi connectivity index (χ4n) is 3.17. The largest absolute Gasteiger partial charge is 0.351 e. The fraction of sp³-hybridized carbons (Fsp3) is 0.524. The average Bonchev–Trinajstić information content (AvgIpc) is 3.42. The van der Waals surface area contributed by atoms with Gasteiger partial charge >= 0.3 is 0 Å². The molecule has 0 atom stereocenters. The minimum absolute atomic E-state index is 0.178. The molecule has 148 valence electrons. The number of nitrogens with one attached hydrogen (secondary N) is 2. The van der Waals surface area contributed by atoms with Crippen LogP contribution < -0.4 is 10.6 Å². The van der Waals surface area contributed by atoms with Crippen LogP contribution in [0.15, 0.2) is 6.07 Å². The van der Waals surface area contributed by atoms with Crippen LogP contribution >= 0.6 is 0 Å². The molecule has 0 radical (unpaired) electrons. The summed E-state index contributed by atoms with van der Waals surface area (Å²) in [6.45, 7) is 8.53. The third kappa shape index (κ3) is 4.16. The van der Waals surface area contributed by atoms with Gasteiger partial charge in [-0.1, -0.05) is 5.92 Å². The van der Waals surface area contributed by atoms with E-state index in [4.69, 9.17) is 11.4 Å². The number of aryl methyl sites for hydroxylation is 1. The van der Waals surface area contributed by atoms with E-state index < -0.39 is 0 Å². The molecular weight excluding hydrogens is 354 g/mol. The third-order valence-corrected chi connectivity index (χ3v) is 4.73. The molecule has 2 heterocycles. The van der Waals surface area contributed by atoms with Crippen LogP contribution in [0.3, 0.4) is 0 Å². The Morgan fingerprint density at radius 3 is 2.64 bits per heavy atom. The first kappa shape index (κ1) is 19.9. The molecule has 0 unspecified atom stereocenters. The van der Waals surface area contributed by atoms with Gasteiger partial charge < -0.3 is 10.6 Å². The maximum atomic E-state index is 12.9. The van der Waals surface area contributed by atoms with Crippen molar-refractivity contribution >= 4 is 22.8 Å². The van der Waals surface area contributed by atoms with Crippen LogP contribution in [-0.2, 0) is 10.3 Å². The second-order valence-electron chi connectivity index (χ2n) is 8.22. The van der Waals surface area contributed by atoms with Crippen molar-refractivity contribution in [2.24, 2.45) is 0 Å². The monoisotopic (exact) mass is 381 g/mol. The van der Waals surface area contributed by atoms with E-state index in [-0.39, 0.29) is 36.9 Å². The van der Waals surface area contributed by atoms with Gasteiger partial charge in [0.15, 0.2) is 5.65 Å². The van der Waals surface area contributed by atoms with Gasteiger partial charge in [0.25, 0.3) is 5.91 Å². The van der Waals surface area contributed by atoms with Crippen molar-refractivity contribution < 1.29 is 9.59 Å². The van der Waals surface area contributed by atoms with Gasteiger partial charge in [0.2, 0.25) is 5.91 Å². The highest BCUT2D eigenvalue weighted by Crippen LogP contribution is 2.40. The van der Waals surface area contributed by atoms with Gasteiger partial charge in [-0.05, 0) is 46.6 Å². The Labute approximate surface area is 165 Å². The minimum Gasteiger partial charge on any atom is -0.351 e. The van der Waals surface area contributed by atoms with Crippen LogP contribution in [0.1, 0.15) is 67.7 Å². The Bertz CT molecular complexity index is 958. The number of hydrogen-bond donors (Lipinski definition) is 2. The Kier molecular flexibility index (Phi) is 5.41. The second-order valence-corrected chi connectivity index (χ2v) is 8.22. The topological polar surface area (TPSA) is 88.9 Å². The smallest absolute Gasteiger partial charge is 0.252 e. The van der Waals surface area contributed by atoms with E-state index in [1.807, 2.05) is 17.7 Å². The summed E-state index contributed by atoms with van der Waals surface area (Å²) in [4.78, 5) is 29.4. The molecule has 2 aromatic heterocycles. The molecule has 1 saturated carbocycles. The molecule has 3 rings (SSSR count). The lowest BCUT2D eigenvalue weighted by atomic mass is 10.1. The fourth-order valence-corrected chi connectivity index (χ4v) is 3.17. The summed E-state index contributed by atoms with van der Waals surface area (Å²) >= 11 is 0. The molecule has 2 N–H and O–H groups in total. The van der Waals surface area contributed by atoms with Gasteiger partial charge in [-0.15, -0.1) is 6.42 Å². The highest BCUT2D eigenvalue weighted by Gasteiger charge is 2.30. The zero-order valence-electron chi connectivity index (χ0n) is 16.9. The first-order valence-electron chi connectivity index (χ1n) is 9.61. The van der Waals surface area contributed by atoms with Gasteiger partial charge in [0.05, 0.1) is 28.7 Å². The number of aromatic nitrogens is 3. The minimum atomic E-state index is -0.245. The maximum Gasteiger partial charge on any atom is 0.252 e. The summed E-state index contributed by atoms with van der Waals surface area (Å²) in [5.74, 6) is 2.36. The zero-order valence-corrected chi connectivity index (χ0v) is 16.9. The number of terminal acetylenes is 1. The summed E-state index contributed by atoms with van der Waals surface area (Å²) in [6.07, 6.45) is 7.49. The Balaban J connectivity index is 1.89. The molecule has 1 fully saturated rings. The van der Waals surface area contributed by atoms with E-state index in [9.17, 15) is 9.59 Å². The molecular formula is C21H27N5O2. The Morgan fingerprint density at radius 1 is 1.32 bits per heavy atom. The van der Waals surface area contributed by atoms with Crippen molar-refractivity contribution in [2.75, 3.05) is 13.1 Å². The highest BCUT2D eigenvalue weighted by molar-refractivity contribution is 6.06. The summed E-state index contributed by atoms with van der Waals surface area (Å²) in [5.41, 5.74) is 2.78. The molecule has 7 nitrogen and oxygen atoms in total. The van der Waals surface area contributed by atoms with Crippen LogP contribution in [-0.4, -0.2) is 39.7 Å². The van der Waals surface area contributed by atoms with E-state index in [0.29, 0.717) is 11.5 Å². The highest BCUT2D eigenvalue weighted by atomic mass is 16.2. The van der Waals surface area contributed by atoms with Crippen LogP contribution in [0.25, 0.3) is 11.0 Å². The predicted molar refractivity (Wildman–Crippen MR) is 108 cm³/mol. The SMILES string of the molecule is C#CCNC(=O)CCNC(=O)c1cc(C2CC2)nc2c1c(C)nn2C(C)(C)C. The Hall–Kier alpha value is -2.88. The number of rotatable bonds is 6. The predicted octanol–water partition coefficient (Wildman–Crippen LogP) is 2.24. The number of hydrogen-bond acceptors (Lipinski definition) is 4. The van der Waals surface area contributed by atoms with Crippen molar-refractivity contribution in [1.82, 2.24) is 25.4 Å². The van der Waals surface area contributed by atoms with Crippen molar-refractivity contribution in [3.05, 3.63) is 23.0 Å². The first-order chi connectivity index (χ1) is 13.2. The summed E-state index contributed by atoms with van der Waals surface area (Å²) < 4.78 is 1.90. The van der Waals surface area contributed by atoms with Crippen LogP contribution in [0, 0.1) is 19.3 Å². The molecule has 0 bridgehead atoms. The van der Waals surface area contributed by atoms with Crippen molar-refractivity contribution in [2.45, 2.75) is 58.4 Å². The summed E-state index contributed by atoms with van der Waals surface area (Å²) in [5, 5.41) is 10.9. The lowest BCUT2D eigenvalue weighted by molar-refractivity contribution is -0.120. The van der Waals surface area contributed by atoms with E-state index in [0.717, 1.165) is 35.3 Å². The molecule has 0 saturated heterocycles. The molecule has 2 aromatic rings. The molecule has 2 amide bonds. The van der Waals surface area contributed by atoms with E-state index in [1.165, 1.54) is 0 Å². The van der Waals surface area contributed by atoms with E-state index in [1.54, 1.807) is 0 Å². The van der Waals surface area contributed by atoms with Crippen molar-refractivity contribution in [1.29, 1.82) is 0 Å². The number of carbonyl (C=O) groups excluding carboxylic acids is 2. The first-order valence-corrected chi connectivity index (χ1v) is 9.61. The number of amides is 2. The molecule has 0 spiro atoms. The lowest BCUT2D eigenvalue weighted by Crippen LogP contribution is -2.31. The van der Waals surface area contributed by atoms with Crippen LogP contribution in [0.4, 0.5) is 0 Å². The lowest BCUT2D eigenvalue weighted by Gasteiger charge is -2.20. The molecule has 1 aliphatic carbocycles. The zero-order chi connectivity index (χ0) is 20.5. The quantitative estimate of drug-likeness (QED) is 0.751. The maximum absolute atomic E-state index is 12.9. The summed E-state index contributed by atoms with van der Waals surface area (Å²) in [7, 11) is 0. The van der Waals surface area contributed by atoms with Crippen LogP contribution in [0.2, 0.25) is 0 Å². The van der Waals surface area contributed by atoms with Gasteiger partial charge in [-0.25, -0.2) is 9.67 Å². The standard InChI is InChI=1S/C21H27N5O2/c1-6-10-22-17(27)9-11-23-20(28)15-12-16(14-7-8-14)24-19-18(15)13(2)25-26(19)21(3,4)5/h1,12,14H,7-11H2,2-5H3,(H,22,27)(H,23,28). The van der Waals surface area contributed by atoms with E-state index in [2.05, 4.69) is 42.4 Å². The Morgan fingerprint density at radius 2 is 2.04 bits per heavy atom. The molecule has 28 heavy (non-hydrogen) atoms. The van der Waals surface area contributed by atoms with Crippen molar-refractivity contribution in [3.8, 4) is 12.3 Å². The third-order valence-electron chi connectivity index (χ3n) is 4.73. The normalized spacial score (nSPS) is 14.0. The van der Waals surface area contributed by atoms with Gasteiger partial charge in [-0.3, -0.25) is 9.59 Å². The van der Waals surface area contributed by atoms with Crippen LogP contribution in [0.5, 0.6) is 0 Å². The second kappa shape index (κ2) is 7.63. The van der Waals surface area contributed by atoms with E-state index >= 15 is 0 Å². The average molecular weight is 381 g/mol. The van der Waals surface area contributed by atoms with Crippen molar-refractivity contribution in [3.63, 3.8) is 0 Å². The summed E-state index contributed by atoms with van der Waals surface area (Å²) in [6, 6.07) is 1.88. The molecule has 0 aliphatic heterocycles. The molecule has 0 aromatic carbocycles.